The van der Waals surface area contributed by atoms with Gasteiger partial charge in [-0.2, -0.15) is 4.99 Å². The fourth-order valence-electron chi connectivity index (χ4n) is 2.78. The summed E-state index contributed by atoms with van der Waals surface area (Å²) in [7, 11) is 0. The highest BCUT2D eigenvalue weighted by Gasteiger charge is 2.24. The van der Waals surface area contributed by atoms with Gasteiger partial charge in [0.2, 0.25) is 11.0 Å². The number of carboxylic acids is 1. The van der Waals surface area contributed by atoms with E-state index in [1.807, 2.05) is 30.3 Å². The molecule has 3 rings (SSSR count). The van der Waals surface area contributed by atoms with E-state index in [4.69, 9.17) is 14.0 Å². The molecule has 11 heteroatoms. The van der Waals surface area contributed by atoms with E-state index in [1.165, 1.54) is 23.0 Å². The summed E-state index contributed by atoms with van der Waals surface area (Å²) in [4.78, 5) is 27.1. The zero-order valence-electron chi connectivity index (χ0n) is 18.8. The highest BCUT2D eigenvalue weighted by Crippen LogP contribution is 2.15. The lowest BCUT2D eigenvalue weighted by atomic mass is 10.1. The van der Waals surface area contributed by atoms with Crippen molar-refractivity contribution in [3.8, 4) is 11.4 Å². The summed E-state index contributed by atoms with van der Waals surface area (Å²) in [6.45, 7) is 5.04. The van der Waals surface area contributed by atoms with Gasteiger partial charge in [0, 0.05) is 24.3 Å². The van der Waals surface area contributed by atoms with E-state index in [1.54, 1.807) is 32.9 Å². The van der Waals surface area contributed by atoms with Gasteiger partial charge in [-0.1, -0.05) is 30.3 Å². The molecule has 0 aliphatic heterocycles. The van der Waals surface area contributed by atoms with E-state index >= 15 is 0 Å². The van der Waals surface area contributed by atoms with E-state index < -0.39 is 29.8 Å². The Morgan fingerprint density at radius 1 is 1.18 bits per heavy atom. The van der Waals surface area contributed by atoms with E-state index in [0.29, 0.717) is 5.56 Å². The van der Waals surface area contributed by atoms with Crippen LogP contribution in [0.2, 0.25) is 0 Å². The molecular formula is C23H24N4O7. The minimum absolute atomic E-state index is 0.00469. The number of hydrogen-bond acceptors (Lipinski definition) is 8. The van der Waals surface area contributed by atoms with Gasteiger partial charge in [-0.25, -0.2) is 9.59 Å². The smallest absolute Gasteiger partial charge is 0.408 e. The number of alkyl carbamates (subject to hydrolysis) is 1. The SMILES string of the molecule is CC(C)(C)OC(=O)N[C@@H](Cc1ccc(O/C([O-])=N/c2c[n+](-c3ccccc3)no2)cc1)C(=O)O. The lowest BCUT2D eigenvalue weighted by molar-refractivity contribution is -0.670. The molecule has 1 aromatic heterocycles. The van der Waals surface area contributed by atoms with Crippen molar-refractivity contribution in [3.63, 3.8) is 0 Å². The highest BCUT2D eigenvalue weighted by molar-refractivity contribution is 5.80. The quantitative estimate of drug-likeness (QED) is 0.303. The summed E-state index contributed by atoms with van der Waals surface area (Å²) < 4.78 is 16.7. The van der Waals surface area contributed by atoms with Gasteiger partial charge in [-0.05, 0) is 43.1 Å². The van der Waals surface area contributed by atoms with Crippen LogP contribution in [0.5, 0.6) is 5.75 Å². The van der Waals surface area contributed by atoms with Crippen LogP contribution in [0.4, 0.5) is 10.7 Å². The number of aliphatic carboxylic acids is 1. The molecule has 0 unspecified atom stereocenters. The number of carbonyl (C=O) groups excluding carboxylic acids is 1. The summed E-state index contributed by atoms with van der Waals surface area (Å²) in [5.41, 5.74) is 0.578. The average Bonchev–Trinajstić information content (AvgIpc) is 3.22. The molecule has 0 radical (unpaired) electrons. The Kier molecular flexibility index (Phi) is 7.46. The molecule has 1 atom stereocenters. The minimum atomic E-state index is -1.21. The van der Waals surface area contributed by atoms with Gasteiger partial charge >= 0.3 is 17.9 Å². The molecule has 0 fully saturated rings. The Hall–Kier alpha value is -4.41. The first-order chi connectivity index (χ1) is 16.1. The van der Waals surface area contributed by atoms with Crippen LogP contribution in [0.15, 0.2) is 70.3 Å². The Balaban J connectivity index is 1.60. The van der Waals surface area contributed by atoms with Crippen molar-refractivity contribution in [1.29, 1.82) is 0 Å². The molecule has 34 heavy (non-hydrogen) atoms. The molecule has 2 N–H and O–H groups in total. The molecule has 0 aliphatic carbocycles. The molecular weight excluding hydrogens is 444 g/mol. The lowest BCUT2D eigenvalue weighted by Crippen LogP contribution is -2.44. The maximum absolute atomic E-state index is 12.1. The number of rotatable bonds is 7. The summed E-state index contributed by atoms with van der Waals surface area (Å²) in [6.07, 6.45) is -0.305. The Morgan fingerprint density at radius 3 is 2.47 bits per heavy atom. The van der Waals surface area contributed by atoms with Gasteiger partial charge in [0.05, 0.1) is 0 Å². The number of amides is 1. The first-order valence-corrected chi connectivity index (χ1v) is 10.3. The second-order valence-electron chi connectivity index (χ2n) is 8.19. The molecule has 178 valence electrons. The summed E-state index contributed by atoms with van der Waals surface area (Å²) in [5.74, 6) is -1.05. The molecule has 1 heterocycles. The number of para-hydroxylation sites is 1. The maximum Gasteiger partial charge on any atom is 0.408 e. The van der Waals surface area contributed by atoms with Crippen LogP contribution in [0, 0.1) is 0 Å². The van der Waals surface area contributed by atoms with Crippen LogP contribution >= 0.6 is 0 Å². The number of ether oxygens (including phenoxy) is 2. The van der Waals surface area contributed by atoms with E-state index in [9.17, 15) is 19.8 Å². The molecule has 0 spiro atoms. The summed E-state index contributed by atoms with van der Waals surface area (Å²) in [5, 5.41) is 27.6. The molecule has 2 aromatic carbocycles. The predicted molar refractivity (Wildman–Crippen MR) is 117 cm³/mol. The second-order valence-corrected chi connectivity index (χ2v) is 8.19. The van der Waals surface area contributed by atoms with Gasteiger partial charge in [-0.3, -0.25) is 4.52 Å². The number of benzene rings is 2. The van der Waals surface area contributed by atoms with Crippen LogP contribution < -0.4 is 19.8 Å². The summed E-state index contributed by atoms with van der Waals surface area (Å²) in [6, 6.07) is 14.1. The van der Waals surface area contributed by atoms with Gasteiger partial charge in [-0.15, -0.1) is 0 Å². The Morgan fingerprint density at radius 2 is 1.85 bits per heavy atom. The third kappa shape index (κ3) is 7.33. The molecule has 0 aliphatic rings. The topological polar surface area (TPSA) is 150 Å². The lowest BCUT2D eigenvalue weighted by Gasteiger charge is -2.22. The van der Waals surface area contributed by atoms with E-state index in [-0.39, 0.29) is 18.1 Å². The van der Waals surface area contributed by atoms with Gasteiger partial charge in [0.15, 0.2) is 6.08 Å². The van der Waals surface area contributed by atoms with Gasteiger partial charge in [0.25, 0.3) is 6.20 Å². The van der Waals surface area contributed by atoms with E-state index in [0.717, 1.165) is 5.69 Å². The van der Waals surface area contributed by atoms with Crippen LogP contribution in [-0.2, 0) is 16.0 Å². The number of aromatic nitrogens is 2. The van der Waals surface area contributed by atoms with Crippen molar-refractivity contribution in [2.75, 3.05) is 0 Å². The van der Waals surface area contributed by atoms with Crippen molar-refractivity contribution in [2.24, 2.45) is 4.99 Å². The van der Waals surface area contributed by atoms with E-state index in [2.05, 4.69) is 15.6 Å². The molecule has 0 saturated carbocycles. The normalized spacial score (nSPS) is 12.6. The number of nitrogens with zero attached hydrogens (tertiary/aromatic N) is 3. The Labute approximate surface area is 195 Å². The summed E-state index contributed by atoms with van der Waals surface area (Å²) >= 11 is 0. The first-order valence-electron chi connectivity index (χ1n) is 10.3. The zero-order chi connectivity index (χ0) is 24.7. The third-order valence-corrected chi connectivity index (χ3v) is 4.23. The largest absolute Gasteiger partial charge is 0.566 e. The van der Waals surface area contributed by atoms with Gasteiger partial charge in [0.1, 0.15) is 11.6 Å². The fourth-order valence-corrected chi connectivity index (χ4v) is 2.78. The number of carboxylic acid groups (broad SMARTS) is 1. The maximum atomic E-state index is 12.1. The second kappa shape index (κ2) is 10.5. The molecule has 1 amide bonds. The Bertz CT molecular complexity index is 1150. The molecule has 3 aromatic rings. The van der Waals surface area contributed by atoms with Crippen molar-refractivity contribution in [2.45, 2.75) is 38.8 Å². The van der Waals surface area contributed by atoms with Crippen molar-refractivity contribution in [3.05, 3.63) is 66.4 Å². The average molecular weight is 468 g/mol. The molecule has 0 saturated heterocycles. The van der Waals surface area contributed by atoms with Crippen LogP contribution in [0.25, 0.3) is 5.69 Å². The highest BCUT2D eigenvalue weighted by atomic mass is 16.6. The van der Waals surface area contributed by atoms with Crippen LogP contribution in [0.1, 0.15) is 26.3 Å². The number of aliphatic imine (C=N–C) groups is 1. The third-order valence-electron chi connectivity index (χ3n) is 4.23. The number of carbonyl (C=O) groups is 2. The standard InChI is InChI=1S/C23H24N4O7/c1-23(2,3)33-22(31)24-18(20(28)29)13-15-9-11-17(12-10-15)32-21(30)25-19-14-27(26-34-19)16-7-5-4-6-8-16/h4-12,14,18H,13H2,1-3H3,(H2-,24,25,26,28,29,30,31)/t18-/m0/s1. The first kappa shape index (κ1) is 24.2. The monoisotopic (exact) mass is 468 g/mol. The fraction of sp³-hybridized carbons (Fsp3) is 0.261. The number of hydrogen-bond donors (Lipinski definition) is 2. The van der Waals surface area contributed by atoms with Crippen LogP contribution in [-0.4, -0.2) is 40.2 Å². The van der Waals surface area contributed by atoms with Gasteiger partial charge < -0.3 is 25.0 Å². The van der Waals surface area contributed by atoms with Crippen molar-refractivity contribution in [1.82, 2.24) is 10.6 Å². The van der Waals surface area contributed by atoms with Crippen molar-refractivity contribution >= 4 is 24.0 Å². The molecule has 0 bridgehead atoms. The minimum Gasteiger partial charge on any atom is -0.566 e. The predicted octanol–water partition coefficient (Wildman–Crippen LogP) is 1.90. The number of nitrogens with one attached hydrogen (secondary N) is 1. The zero-order valence-corrected chi connectivity index (χ0v) is 18.8. The molecule has 11 nitrogen and oxygen atoms in total. The van der Waals surface area contributed by atoms with Crippen molar-refractivity contribution < 1.29 is 38.5 Å². The van der Waals surface area contributed by atoms with Crippen LogP contribution in [0.3, 0.4) is 0 Å².